The first-order valence-corrected chi connectivity index (χ1v) is 4.64. The second-order valence-corrected chi connectivity index (χ2v) is 3.29. The molecule has 0 aliphatic carbocycles. The Morgan fingerprint density at radius 1 is 1.20 bits per heavy atom. The standard InChI is InChI=1S/C9H12N4O2/c1-5-7(6(2)14-12-5)3-9-11-8(4-10)13-15-9/h3-4,10H2,1-2H3. The molecule has 0 bridgehead atoms. The molecule has 0 unspecified atom stereocenters. The summed E-state index contributed by atoms with van der Waals surface area (Å²) in [4.78, 5) is 4.11. The molecule has 0 atom stereocenters. The molecule has 2 aromatic rings. The summed E-state index contributed by atoms with van der Waals surface area (Å²) in [7, 11) is 0. The van der Waals surface area contributed by atoms with Crippen LogP contribution in [0.25, 0.3) is 0 Å². The molecule has 0 spiro atoms. The molecule has 0 saturated heterocycles. The Balaban J connectivity index is 2.21. The van der Waals surface area contributed by atoms with Crippen LogP contribution in [0.15, 0.2) is 9.05 Å². The molecule has 0 aliphatic heterocycles. The van der Waals surface area contributed by atoms with E-state index in [9.17, 15) is 0 Å². The Hall–Kier alpha value is -1.69. The molecule has 2 rings (SSSR count). The fourth-order valence-electron chi connectivity index (χ4n) is 1.35. The van der Waals surface area contributed by atoms with Crippen molar-refractivity contribution in [2.24, 2.45) is 5.73 Å². The van der Waals surface area contributed by atoms with Gasteiger partial charge in [-0.15, -0.1) is 0 Å². The third-order valence-corrected chi connectivity index (χ3v) is 2.20. The summed E-state index contributed by atoms with van der Waals surface area (Å²) >= 11 is 0. The van der Waals surface area contributed by atoms with E-state index in [1.54, 1.807) is 0 Å². The molecule has 6 nitrogen and oxygen atoms in total. The number of nitrogens with zero attached hydrogens (tertiary/aromatic N) is 3. The van der Waals surface area contributed by atoms with Gasteiger partial charge in [-0.2, -0.15) is 4.98 Å². The van der Waals surface area contributed by atoms with Crippen molar-refractivity contribution in [3.63, 3.8) is 0 Å². The lowest BCUT2D eigenvalue weighted by Gasteiger charge is -1.92. The minimum absolute atomic E-state index is 0.283. The molecule has 0 fully saturated rings. The largest absolute Gasteiger partial charge is 0.361 e. The maximum atomic E-state index is 5.38. The van der Waals surface area contributed by atoms with Crippen molar-refractivity contribution in [3.8, 4) is 0 Å². The first-order valence-electron chi connectivity index (χ1n) is 4.64. The summed E-state index contributed by atoms with van der Waals surface area (Å²) in [5.74, 6) is 1.82. The quantitative estimate of drug-likeness (QED) is 0.799. The Bertz CT molecular complexity index is 441. The molecule has 0 aliphatic rings. The highest BCUT2D eigenvalue weighted by Gasteiger charge is 2.13. The van der Waals surface area contributed by atoms with E-state index in [2.05, 4.69) is 15.3 Å². The van der Waals surface area contributed by atoms with E-state index in [1.807, 2.05) is 13.8 Å². The van der Waals surface area contributed by atoms with E-state index < -0.39 is 0 Å². The summed E-state index contributed by atoms with van der Waals surface area (Å²) < 4.78 is 10.1. The van der Waals surface area contributed by atoms with Gasteiger partial charge in [0.1, 0.15) is 5.76 Å². The molecule has 0 radical (unpaired) electrons. The summed E-state index contributed by atoms with van der Waals surface area (Å²) in [6, 6.07) is 0. The normalized spacial score (nSPS) is 10.9. The number of aryl methyl sites for hydroxylation is 2. The van der Waals surface area contributed by atoms with Crippen LogP contribution in [0.5, 0.6) is 0 Å². The zero-order valence-corrected chi connectivity index (χ0v) is 8.65. The summed E-state index contributed by atoms with van der Waals surface area (Å²) in [5, 5.41) is 7.56. The first kappa shape index (κ1) is 9.85. The van der Waals surface area contributed by atoms with Crippen molar-refractivity contribution in [1.82, 2.24) is 15.3 Å². The van der Waals surface area contributed by atoms with Gasteiger partial charge in [0.15, 0.2) is 5.82 Å². The van der Waals surface area contributed by atoms with Crippen LogP contribution in [-0.2, 0) is 13.0 Å². The highest BCUT2D eigenvalue weighted by molar-refractivity contribution is 5.23. The van der Waals surface area contributed by atoms with E-state index >= 15 is 0 Å². The minimum Gasteiger partial charge on any atom is -0.361 e. The highest BCUT2D eigenvalue weighted by Crippen LogP contribution is 2.16. The molecule has 2 N–H and O–H groups in total. The van der Waals surface area contributed by atoms with Crippen molar-refractivity contribution in [3.05, 3.63) is 28.7 Å². The van der Waals surface area contributed by atoms with E-state index in [-0.39, 0.29) is 6.54 Å². The lowest BCUT2D eigenvalue weighted by molar-refractivity contribution is 0.376. The Morgan fingerprint density at radius 2 is 2.00 bits per heavy atom. The van der Waals surface area contributed by atoms with E-state index in [1.165, 1.54) is 0 Å². The van der Waals surface area contributed by atoms with E-state index in [4.69, 9.17) is 14.8 Å². The number of hydrogen-bond acceptors (Lipinski definition) is 6. The predicted molar refractivity (Wildman–Crippen MR) is 51.0 cm³/mol. The summed E-state index contributed by atoms with van der Waals surface area (Å²) in [5.41, 5.74) is 7.22. The van der Waals surface area contributed by atoms with Gasteiger partial charge in [0.25, 0.3) is 0 Å². The number of rotatable bonds is 3. The maximum absolute atomic E-state index is 5.38. The molecular formula is C9H12N4O2. The maximum Gasteiger partial charge on any atom is 0.231 e. The first-order chi connectivity index (χ1) is 7.20. The number of hydrogen-bond donors (Lipinski definition) is 1. The van der Waals surface area contributed by atoms with Crippen molar-refractivity contribution in [2.45, 2.75) is 26.8 Å². The Morgan fingerprint density at radius 3 is 2.53 bits per heavy atom. The Labute approximate surface area is 86.4 Å². The van der Waals surface area contributed by atoms with Gasteiger partial charge in [-0.1, -0.05) is 10.3 Å². The van der Waals surface area contributed by atoms with Crippen LogP contribution in [0.3, 0.4) is 0 Å². The third-order valence-electron chi connectivity index (χ3n) is 2.20. The lowest BCUT2D eigenvalue weighted by Crippen LogP contribution is -1.98. The lowest BCUT2D eigenvalue weighted by atomic mass is 10.1. The molecule has 2 heterocycles. The number of nitrogens with two attached hydrogens (primary N) is 1. The zero-order chi connectivity index (χ0) is 10.8. The van der Waals surface area contributed by atoms with Crippen LogP contribution in [0.2, 0.25) is 0 Å². The van der Waals surface area contributed by atoms with Gasteiger partial charge >= 0.3 is 0 Å². The van der Waals surface area contributed by atoms with Crippen molar-refractivity contribution >= 4 is 0 Å². The van der Waals surface area contributed by atoms with Crippen molar-refractivity contribution in [2.75, 3.05) is 0 Å². The molecule has 0 saturated carbocycles. The smallest absolute Gasteiger partial charge is 0.231 e. The van der Waals surface area contributed by atoms with Crippen molar-refractivity contribution in [1.29, 1.82) is 0 Å². The van der Waals surface area contributed by atoms with Crippen LogP contribution in [0.1, 0.15) is 28.7 Å². The van der Waals surface area contributed by atoms with Crippen LogP contribution >= 0.6 is 0 Å². The second-order valence-electron chi connectivity index (χ2n) is 3.29. The fourth-order valence-corrected chi connectivity index (χ4v) is 1.35. The Kier molecular flexibility index (Phi) is 2.51. The van der Waals surface area contributed by atoms with Gasteiger partial charge < -0.3 is 14.8 Å². The van der Waals surface area contributed by atoms with E-state index in [0.717, 1.165) is 17.0 Å². The summed E-state index contributed by atoms with van der Waals surface area (Å²) in [6.07, 6.45) is 0.536. The topological polar surface area (TPSA) is 91.0 Å². The van der Waals surface area contributed by atoms with Gasteiger partial charge in [-0.05, 0) is 13.8 Å². The van der Waals surface area contributed by atoms with Crippen LogP contribution in [-0.4, -0.2) is 15.3 Å². The summed E-state index contributed by atoms with van der Waals surface area (Å²) in [6.45, 7) is 4.02. The fraction of sp³-hybridized carbons (Fsp3) is 0.444. The van der Waals surface area contributed by atoms with Gasteiger partial charge in [-0.3, -0.25) is 0 Å². The molecule has 2 aromatic heterocycles. The molecule has 6 heteroatoms. The highest BCUT2D eigenvalue weighted by atomic mass is 16.5. The predicted octanol–water partition coefficient (Wildman–Crippen LogP) is 0.724. The average Bonchev–Trinajstić information content (AvgIpc) is 2.80. The SMILES string of the molecule is Cc1noc(C)c1Cc1nc(CN)no1. The van der Waals surface area contributed by atoms with Gasteiger partial charge in [0.05, 0.1) is 18.7 Å². The molecule has 80 valence electrons. The second kappa shape index (κ2) is 3.82. The molecule has 0 aromatic carbocycles. The van der Waals surface area contributed by atoms with Crippen LogP contribution < -0.4 is 5.73 Å². The van der Waals surface area contributed by atoms with Crippen LogP contribution in [0, 0.1) is 13.8 Å². The van der Waals surface area contributed by atoms with E-state index in [0.29, 0.717) is 18.1 Å². The monoisotopic (exact) mass is 208 g/mol. The minimum atomic E-state index is 0.283. The average molecular weight is 208 g/mol. The zero-order valence-electron chi connectivity index (χ0n) is 8.65. The van der Waals surface area contributed by atoms with Gasteiger partial charge in [0.2, 0.25) is 5.89 Å². The van der Waals surface area contributed by atoms with Crippen LogP contribution in [0.4, 0.5) is 0 Å². The van der Waals surface area contributed by atoms with Gasteiger partial charge in [0, 0.05) is 5.56 Å². The molecular weight excluding hydrogens is 196 g/mol. The molecule has 0 amide bonds. The third kappa shape index (κ3) is 1.89. The molecule has 15 heavy (non-hydrogen) atoms. The van der Waals surface area contributed by atoms with Crippen molar-refractivity contribution < 1.29 is 9.05 Å². The van der Waals surface area contributed by atoms with Gasteiger partial charge in [-0.25, -0.2) is 0 Å². The number of aromatic nitrogens is 3.